The fraction of sp³-hybridized carbons (Fsp3) is 0.423. The predicted octanol–water partition coefficient (Wildman–Crippen LogP) is 3.59. The molecule has 1 aliphatic rings. The number of carboxylic acids is 1. The van der Waals surface area contributed by atoms with Gasteiger partial charge >= 0.3 is 18.0 Å². The second-order valence-electron chi connectivity index (χ2n) is 9.96. The summed E-state index contributed by atoms with van der Waals surface area (Å²) in [5.74, 6) is -1.63. The number of fused-ring (bicyclic) bond motifs is 1. The third kappa shape index (κ3) is 5.81. The Bertz CT molecular complexity index is 1220. The minimum atomic E-state index is -1.27. The van der Waals surface area contributed by atoms with E-state index < -0.39 is 40.6 Å². The van der Waals surface area contributed by atoms with Gasteiger partial charge in [-0.05, 0) is 32.8 Å². The highest BCUT2D eigenvalue weighted by Gasteiger charge is 2.48. The lowest BCUT2D eigenvalue weighted by molar-refractivity contribution is -0.156. The second kappa shape index (κ2) is 10.3. The highest BCUT2D eigenvalue weighted by molar-refractivity contribution is 5.87. The summed E-state index contributed by atoms with van der Waals surface area (Å²) < 4.78 is 11.8. The highest BCUT2D eigenvalue weighted by atomic mass is 16.6. The lowest BCUT2D eigenvalue weighted by Gasteiger charge is -2.26. The van der Waals surface area contributed by atoms with Crippen molar-refractivity contribution in [3.63, 3.8) is 0 Å². The number of carbonyl (C=O) groups excluding carboxylic acids is 2. The van der Waals surface area contributed by atoms with Gasteiger partial charge in [-0.2, -0.15) is 0 Å². The van der Waals surface area contributed by atoms with Gasteiger partial charge in [0, 0.05) is 12.0 Å². The van der Waals surface area contributed by atoms with Crippen molar-refractivity contribution in [1.82, 2.24) is 9.55 Å². The van der Waals surface area contributed by atoms with Gasteiger partial charge in [-0.1, -0.05) is 43.3 Å². The van der Waals surface area contributed by atoms with Crippen LogP contribution in [-0.2, 0) is 31.1 Å². The Morgan fingerprint density at radius 1 is 1.28 bits per heavy atom. The first-order valence-electron chi connectivity index (χ1n) is 11.5. The van der Waals surface area contributed by atoms with Gasteiger partial charge in [-0.3, -0.25) is 19.1 Å². The normalized spacial score (nSPS) is 18.7. The Hall–Kier alpha value is -3.95. The first kappa shape index (κ1) is 26.7. The first-order valence-corrected chi connectivity index (χ1v) is 11.5. The number of hydrogen-bond donors (Lipinski definition) is 1. The summed E-state index contributed by atoms with van der Waals surface area (Å²) in [7, 11) is 0. The number of ether oxygens (including phenoxy) is 2. The number of rotatable bonds is 8. The van der Waals surface area contributed by atoms with E-state index in [1.54, 1.807) is 39.8 Å². The van der Waals surface area contributed by atoms with Crippen LogP contribution in [0.3, 0.4) is 0 Å². The topological polar surface area (TPSA) is 128 Å². The van der Waals surface area contributed by atoms with E-state index in [9.17, 15) is 24.3 Å². The number of amides is 1. The lowest BCUT2D eigenvalue weighted by atomic mass is 9.83. The van der Waals surface area contributed by atoms with Gasteiger partial charge in [-0.25, -0.2) is 14.6 Å². The lowest BCUT2D eigenvalue weighted by Crippen LogP contribution is -2.39. The second-order valence-corrected chi connectivity index (χ2v) is 9.96. The number of nitrogens with zero attached hydrogens (tertiary/aromatic N) is 3. The van der Waals surface area contributed by atoms with Crippen LogP contribution >= 0.6 is 0 Å². The molecule has 10 heteroatoms. The summed E-state index contributed by atoms with van der Waals surface area (Å²) in [4.78, 5) is 56.5. The Balaban J connectivity index is 1.96. The number of hydrogen-bond acceptors (Lipinski definition) is 7. The number of carboxylic acid groups (broad SMARTS) is 1. The third-order valence-corrected chi connectivity index (χ3v) is 5.74. The summed E-state index contributed by atoms with van der Waals surface area (Å²) in [6.07, 6.45) is 1.63. The molecular weight excluding hydrogens is 466 g/mol. The third-order valence-electron chi connectivity index (χ3n) is 5.74. The van der Waals surface area contributed by atoms with Gasteiger partial charge in [0.15, 0.2) is 0 Å². The molecule has 0 radical (unpaired) electrons. The van der Waals surface area contributed by atoms with Gasteiger partial charge in [0.1, 0.15) is 29.8 Å². The van der Waals surface area contributed by atoms with Gasteiger partial charge in [0.2, 0.25) is 0 Å². The smallest absolute Gasteiger partial charge is 0.415 e. The zero-order chi connectivity index (χ0) is 26.7. The molecular formula is C26H31N3O7. The van der Waals surface area contributed by atoms with E-state index in [0.717, 1.165) is 15.0 Å². The Morgan fingerprint density at radius 3 is 2.53 bits per heavy atom. The van der Waals surface area contributed by atoms with E-state index in [-0.39, 0.29) is 37.5 Å². The fourth-order valence-corrected chi connectivity index (χ4v) is 4.23. The van der Waals surface area contributed by atoms with Crippen LogP contribution in [0.2, 0.25) is 0 Å². The molecule has 3 rings (SSSR count). The number of carbonyl (C=O) groups is 3. The molecule has 2 heterocycles. The SMILES string of the molecule is C=CCN(C(=O)OCc1ccccc1)c1cnc2n(c1=O)[C@@H](C(=O)O)C[C@@]2(C)CC(=O)OC(C)(C)C. The molecule has 0 aliphatic carbocycles. The van der Waals surface area contributed by atoms with Crippen molar-refractivity contribution >= 4 is 23.7 Å². The number of benzene rings is 1. The number of aliphatic carboxylic acids is 1. The van der Waals surface area contributed by atoms with Crippen LogP contribution in [0, 0.1) is 0 Å². The monoisotopic (exact) mass is 497 g/mol. The van der Waals surface area contributed by atoms with Crippen LogP contribution in [0.15, 0.2) is 54.0 Å². The molecule has 1 aliphatic heterocycles. The van der Waals surface area contributed by atoms with Crippen molar-refractivity contribution in [1.29, 1.82) is 0 Å². The fourth-order valence-electron chi connectivity index (χ4n) is 4.23. The quantitative estimate of drug-likeness (QED) is 0.433. The van der Waals surface area contributed by atoms with Crippen molar-refractivity contribution in [2.24, 2.45) is 0 Å². The molecule has 0 fully saturated rings. The summed E-state index contributed by atoms with van der Waals surface area (Å²) >= 11 is 0. The van der Waals surface area contributed by atoms with Crippen molar-refractivity contribution < 1.29 is 29.0 Å². The van der Waals surface area contributed by atoms with Crippen LogP contribution < -0.4 is 10.5 Å². The molecule has 2 aromatic rings. The van der Waals surface area contributed by atoms with Crippen LogP contribution in [0.25, 0.3) is 0 Å². The van der Waals surface area contributed by atoms with Crippen molar-refractivity contribution in [2.75, 3.05) is 11.4 Å². The molecule has 36 heavy (non-hydrogen) atoms. The average Bonchev–Trinajstić information content (AvgIpc) is 3.09. The summed E-state index contributed by atoms with van der Waals surface area (Å²) in [5.41, 5.74) is -1.89. The molecule has 1 amide bonds. The predicted molar refractivity (Wildman–Crippen MR) is 132 cm³/mol. The van der Waals surface area contributed by atoms with Gasteiger partial charge in [0.05, 0.1) is 12.6 Å². The molecule has 0 saturated heterocycles. The minimum Gasteiger partial charge on any atom is -0.480 e. The average molecular weight is 498 g/mol. The summed E-state index contributed by atoms with van der Waals surface area (Å²) in [6, 6.07) is 7.77. The largest absolute Gasteiger partial charge is 0.480 e. The standard InChI is InChI=1S/C26H31N3O7/c1-6-12-28(24(34)35-16-17-10-8-7-9-11-17)19-15-27-23-26(5,14-20(30)36-25(2,3)4)13-18(22(32)33)29(23)21(19)31/h6-11,15,18H,1,12-14,16H2,2-5H3,(H,32,33)/t18-,26+/m1/s1. The van der Waals surface area contributed by atoms with Gasteiger partial charge < -0.3 is 14.6 Å². The number of esters is 1. The Morgan fingerprint density at radius 2 is 1.94 bits per heavy atom. The molecule has 0 saturated carbocycles. The maximum absolute atomic E-state index is 13.5. The van der Waals surface area contributed by atoms with Crippen LogP contribution in [0.4, 0.5) is 10.5 Å². The van der Waals surface area contributed by atoms with E-state index in [1.807, 2.05) is 18.2 Å². The molecule has 0 bridgehead atoms. The van der Waals surface area contributed by atoms with Crippen molar-refractivity contribution in [3.05, 3.63) is 70.9 Å². The minimum absolute atomic E-state index is 0.0151. The molecule has 2 atom stereocenters. The highest BCUT2D eigenvalue weighted by Crippen LogP contribution is 2.42. The Kier molecular flexibility index (Phi) is 7.66. The molecule has 1 aromatic carbocycles. The maximum Gasteiger partial charge on any atom is 0.415 e. The first-order chi connectivity index (χ1) is 16.9. The van der Waals surface area contributed by atoms with E-state index in [0.29, 0.717) is 0 Å². The van der Waals surface area contributed by atoms with Crippen molar-refractivity contribution in [2.45, 2.75) is 64.2 Å². The van der Waals surface area contributed by atoms with Gasteiger partial charge in [-0.15, -0.1) is 6.58 Å². The van der Waals surface area contributed by atoms with E-state index in [1.165, 1.54) is 12.3 Å². The van der Waals surface area contributed by atoms with E-state index in [4.69, 9.17) is 9.47 Å². The van der Waals surface area contributed by atoms with Crippen LogP contribution in [-0.4, -0.2) is 44.8 Å². The number of aromatic nitrogens is 2. The molecule has 1 aromatic heterocycles. The number of anilines is 1. The summed E-state index contributed by atoms with van der Waals surface area (Å²) in [5, 5.41) is 9.86. The van der Waals surface area contributed by atoms with Gasteiger partial charge in [0.25, 0.3) is 5.56 Å². The molecule has 1 N–H and O–H groups in total. The zero-order valence-electron chi connectivity index (χ0n) is 20.9. The molecule has 0 unspecified atom stereocenters. The summed E-state index contributed by atoms with van der Waals surface area (Å²) in [6.45, 7) is 10.4. The molecule has 192 valence electrons. The van der Waals surface area contributed by atoms with Crippen molar-refractivity contribution in [3.8, 4) is 0 Å². The van der Waals surface area contributed by atoms with E-state index in [2.05, 4.69) is 11.6 Å². The maximum atomic E-state index is 13.5. The Labute approximate surface area is 209 Å². The zero-order valence-corrected chi connectivity index (χ0v) is 20.9. The van der Waals surface area contributed by atoms with Crippen LogP contribution in [0.5, 0.6) is 0 Å². The van der Waals surface area contributed by atoms with Crippen LogP contribution in [0.1, 0.15) is 58.0 Å². The van der Waals surface area contributed by atoms with E-state index >= 15 is 0 Å². The molecule has 0 spiro atoms. The molecule has 10 nitrogen and oxygen atoms in total.